The van der Waals surface area contributed by atoms with E-state index in [1.165, 1.54) is 23.1 Å². The lowest BCUT2D eigenvalue weighted by atomic mass is 10.2. The van der Waals surface area contributed by atoms with Crippen LogP contribution in [-0.2, 0) is 16.1 Å². The van der Waals surface area contributed by atoms with Crippen molar-refractivity contribution in [2.24, 2.45) is 0 Å². The van der Waals surface area contributed by atoms with Crippen LogP contribution in [0.25, 0.3) is 16.9 Å². The average Bonchev–Trinajstić information content (AvgIpc) is 3.51. The van der Waals surface area contributed by atoms with Crippen LogP contribution in [-0.4, -0.2) is 62.6 Å². The maximum absolute atomic E-state index is 12.7. The number of halogens is 1. The van der Waals surface area contributed by atoms with E-state index in [4.69, 9.17) is 4.74 Å². The molecule has 8 nitrogen and oxygen atoms in total. The van der Waals surface area contributed by atoms with Gasteiger partial charge in [0.05, 0.1) is 31.2 Å². The summed E-state index contributed by atoms with van der Waals surface area (Å²) in [4.78, 5) is 19.6. The number of thioether (sulfide) groups is 1. The molecule has 3 heterocycles. The van der Waals surface area contributed by atoms with E-state index < -0.39 is 0 Å². The van der Waals surface area contributed by atoms with Crippen LogP contribution in [0.1, 0.15) is 5.82 Å². The topological polar surface area (TPSA) is 85.2 Å². The van der Waals surface area contributed by atoms with E-state index >= 15 is 0 Å². The molecule has 4 aromatic rings. The van der Waals surface area contributed by atoms with E-state index in [0.717, 1.165) is 53.5 Å². The van der Waals surface area contributed by atoms with Crippen molar-refractivity contribution in [3.8, 4) is 16.9 Å². The third kappa shape index (κ3) is 6.17. The number of carbonyl (C=O) groups excluding carboxylic acids is 1. The number of benzene rings is 2. The third-order valence-corrected chi connectivity index (χ3v) is 7.62. The Balaban J connectivity index is 1.26. The molecule has 1 saturated heterocycles. The van der Waals surface area contributed by atoms with E-state index in [-0.39, 0.29) is 11.7 Å². The highest BCUT2D eigenvalue weighted by Gasteiger charge is 2.20. The van der Waals surface area contributed by atoms with Crippen molar-refractivity contribution in [2.45, 2.75) is 11.7 Å². The van der Waals surface area contributed by atoms with Crippen LogP contribution >= 0.6 is 39.0 Å². The molecule has 2 aromatic carbocycles. The predicted molar refractivity (Wildman–Crippen MR) is 142 cm³/mol. The summed E-state index contributed by atoms with van der Waals surface area (Å²) >= 11 is 6.21. The molecular formula is C24H23BrN6O2S2. The molecule has 1 fully saturated rings. The second-order valence-corrected chi connectivity index (χ2v) is 10.6. The first-order valence-corrected chi connectivity index (χ1v) is 13.8. The van der Waals surface area contributed by atoms with Crippen LogP contribution in [0, 0.1) is 0 Å². The fraction of sp³-hybridized carbons (Fsp3) is 0.250. The highest BCUT2D eigenvalue weighted by Crippen LogP contribution is 2.27. The summed E-state index contributed by atoms with van der Waals surface area (Å²) in [5.41, 5.74) is 2.81. The minimum Gasteiger partial charge on any atom is -0.379 e. The zero-order chi connectivity index (χ0) is 24.0. The van der Waals surface area contributed by atoms with E-state index in [9.17, 15) is 4.79 Å². The first kappa shape index (κ1) is 24.1. The Morgan fingerprint density at radius 2 is 1.86 bits per heavy atom. The Labute approximate surface area is 219 Å². The van der Waals surface area contributed by atoms with Gasteiger partial charge in [0.2, 0.25) is 5.91 Å². The first-order chi connectivity index (χ1) is 17.2. The van der Waals surface area contributed by atoms with Crippen LogP contribution in [0.15, 0.2) is 69.6 Å². The number of nitrogens with one attached hydrogen (secondary N) is 1. The monoisotopic (exact) mass is 570 g/mol. The molecule has 0 atom stereocenters. The number of rotatable bonds is 8. The second kappa shape index (κ2) is 11.4. The van der Waals surface area contributed by atoms with Gasteiger partial charge < -0.3 is 10.1 Å². The molecule has 0 unspecified atom stereocenters. The van der Waals surface area contributed by atoms with Gasteiger partial charge in [-0.05, 0) is 24.3 Å². The van der Waals surface area contributed by atoms with Crippen LogP contribution in [0.2, 0.25) is 0 Å². The normalized spacial score (nSPS) is 14.2. The largest absolute Gasteiger partial charge is 0.379 e. The Kier molecular flexibility index (Phi) is 7.89. The summed E-state index contributed by atoms with van der Waals surface area (Å²) in [6, 6.07) is 17.9. The Morgan fingerprint density at radius 3 is 2.63 bits per heavy atom. The molecule has 0 bridgehead atoms. The van der Waals surface area contributed by atoms with E-state index in [0.29, 0.717) is 16.8 Å². The fourth-order valence-corrected chi connectivity index (χ4v) is 5.43. The lowest BCUT2D eigenvalue weighted by Crippen LogP contribution is -2.36. The highest BCUT2D eigenvalue weighted by atomic mass is 79.9. The summed E-state index contributed by atoms with van der Waals surface area (Å²) in [7, 11) is 0. The van der Waals surface area contributed by atoms with Crippen molar-refractivity contribution in [3.63, 3.8) is 0 Å². The standard InChI is InChI=1S/C24H23BrN6O2S2/c25-18-8-6-17(7-9-18)20-15-34-23(26-20)27-22(32)16-35-24-29-28-21(14-30-10-12-33-13-11-30)31(24)19-4-2-1-3-5-19/h1-9,15H,10-14,16H2,(H,26,27,32). The molecule has 1 aliphatic heterocycles. The first-order valence-electron chi connectivity index (χ1n) is 11.1. The van der Waals surface area contributed by atoms with E-state index in [2.05, 4.69) is 41.3 Å². The predicted octanol–water partition coefficient (Wildman–Crippen LogP) is 4.72. The summed E-state index contributed by atoms with van der Waals surface area (Å²) in [5, 5.41) is 15.0. The number of hydrogen-bond donors (Lipinski definition) is 1. The van der Waals surface area contributed by atoms with Gasteiger partial charge in [-0.1, -0.05) is 58.0 Å². The summed E-state index contributed by atoms with van der Waals surface area (Å²) in [5.74, 6) is 0.916. The number of amides is 1. The average molecular weight is 572 g/mol. The van der Waals surface area contributed by atoms with Crippen LogP contribution < -0.4 is 5.32 Å². The number of carbonyl (C=O) groups is 1. The van der Waals surface area contributed by atoms with Gasteiger partial charge in [-0.25, -0.2) is 4.98 Å². The zero-order valence-electron chi connectivity index (χ0n) is 18.8. The SMILES string of the molecule is O=C(CSc1nnc(CN2CCOCC2)n1-c1ccccc1)Nc1nc(-c2ccc(Br)cc2)cs1. The third-order valence-electron chi connectivity index (χ3n) is 5.41. The van der Waals surface area contributed by atoms with Crippen molar-refractivity contribution < 1.29 is 9.53 Å². The Morgan fingerprint density at radius 1 is 1.09 bits per heavy atom. The van der Waals surface area contributed by atoms with Crippen molar-refractivity contribution >= 4 is 50.1 Å². The van der Waals surface area contributed by atoms with Crippen LogP contribution in [0.5, 0.6) is 0 Å². The second-order valence-electron chi connectivity index (χ2n) is 7.84. The molecule has 1 aliphatic rings. The molecule has 35 heavy (non-hydrogen) atoms. The molecular weight excluding hydrogens is 548 g/mol. The maximum Gasteiger partial charge on any atom is 0.236 e. The molecule has 0 aliphatic carbocycles. The van der Waals surface area contributed by atoms with Gasteiger partial charge in [-0.3, -0.25) is 14.3 Å². The minimum absolute atomic E-state index is 0.135. The van der Waals surface area contributed by atoms with Gasteiger partial charge in [-0.2, -0.15) is 0 Å². The number of para-hydroxylation sites is 1. The number of anilines is 1. The van der Waals surface area contributed by atoms with Gasteiger partial charge in [0.1, 0.15) is 0 Å². The van der Waals surface area contributed by atoms with Crippen molar-refractivity contribution in [3.05, 3.63) is 70.3 Å². The number of thiazole rings is 1. The summed E-state index contributed by atoms with van der Waals surface area (Å²) in [6.45, 7) is 3.85. The van der Waals surface area contributed by atoms with E-state index in [1.807, 2.05) is 64.5 Å². The van der Waals surface area contributed by atoms with Gasteiger partial charge >= 0.3 is 0 Å². The van der Waals surface area contributed by atoms with Crippen LogP contribution in [0.4, 0.5) is 5.13 Å². The number of ether oxygens (including phenoxy) is 1. The molecule has 1 N–H and O–H groups in total. The quantitative estimate of drug-likeness (QED) is 0.307. The van der Waals surface area contributed by atoms with Gasteiger partial charge in [-0.15, -0.1) is 21.5 Å². The molecule has 1 amide bonds. The van der Waals surface area contributed by atoms with Crippen molar-refractivity contribution in [1.29, 1.82) is 0 Å². The van der Waals surface area contributed by atoms with Crippen molar-refractivity contribution in [1.82, 2.24) is 24.6 Å². The molecule has 5 rings (SSSR count). The number of morpholine rings is 1. The zero-order valence-corrected chi connectivity index (χ0v) is 22.0. The van der Waals surface area contributed by atoms with E-state index in [1.54, 1.807) is 0 Å². The Hall–Kier alpha value is -2.57. The summed E-state index contributed by atoms with van der Waals surface area (Å²) in [6.07, 6.45) is 0. The lowest BCUT2D eigenvalue weighted by Gasteiger charge is -2.26. The molecule has 0 saturated carbocycles. The molecule has 0 radical (unpaired) electrons. The number of aromatic nitrogens is 4. The van der Waals surface area contributed by atoms with Crippen LogP contribution in [0.3, 0.4) is 0 Å². The molecule has 0 spiro atoms. The molecule has 11 heteroatoms. The van der Waals surface area contributed by atoms with Gasteiger partial charge in [0.25, 0.3) is 0 Å². The summed E-state index contributed by atoms with van der Waals surface area (Å²) < 4.78 is 8.51. The fourth-order valence-electron chi connectivity index (χ4n) is 3.66. The smallest absolute Gasteiger partial charge is 0.236 e. The molecule has 180 valence electrons. The van der Waals surface area contributed by atoms with Crippen molar-refractivity contribution in [2.75, 3.05) is 37.4 Å². The van der Waals surface area contributed by atoms with Gasteiger partial charge in [0.15, 0.2) is 16.1 Å². The minimum atomic E-state index is -0.135. The lowest BCUT2D eigenvalue weighted by molar-refractivity contribution is -0.113. The molecule has 2 aromatic heterocycles. The highest BCUT2D eigenvalue weighted by molar-refractivity contribution is 9.10. The maximum atomic E-state index is 12.7. The number of nitrogens with zero attached hydrogens (tertiary/aromatic N) is 5. The Bertz CT molecular complexity index is 1270. The number of hydrogen-bond acceptors (Lipinski definition) is 8. The van der Waals surface area contributed by atoms with Gasteiger partial charge in [0, 0.05) is 34.2 Å².